The molecule has 2 nitrogen and oxygen atoms in total. The van der Waals surface area contributed by atoms with Crippen LogP contribution in [0.4, 0.5) is 5.69 Å². The predicted molar refractivity (Wildman–Crippen MR) is 83.2 cm³/mol. The Morgan fingerprint density at radius 2 is 1.79 bits per heavy atom. The second kappa shape index (κ2) is 5.96. The molecule has 0 atom stereocenters. The Labute approximate surface area is 118 Å². The molecule has 2 rings (SSSR count). The van der Waals surface area contributed by atoms with Gasteiger partial charge >= 0.3 is 0 Å². The first-order chi connectivity index (χ1) is 8.97. The molecule has 0 bridgehead atoms. The number of anilines is 1. The summed E-state index contributed by atoms with van der Waals surface area (Å²) in [6.45, 7) is 10.8. The summed E-state index contributed by atoms with van der Waals surface area (Å²) in [7, 11) is 0. The van der Waals surface area contributed by atoms with E-state index in [1.165, 1.54) is 31.5 Å². The molecule has 0 amide bonds. The quantitative estimate of drug-likeness (QED) is 0.842. The van der Waals surface area contributed by atoms with Crippen molar-refractivity contribution in [1.82, 2.24) is 4.90 Å². The third-order valence-electron chi connectivity index (χ3n) is 4.56. The molecule has 0 saturated carbocycles. The highest BCUT2D eigenvalue weighted by Crippen LogP contribution is 2.34. The standard InChI is InChI=1S/C17H28N2/c1-17(2,3)15-9-12-19(13-10-15)11-8-14-6-4-5-7-16(14)18/h4-7,15H,8-13,18H2,1-3H3. The molecule has 0 spiro atoms. The van der Waals surface area contributed by atoms with E-state index in [-0.39, 0.29) is 0 Å². The van der Waals surface area contributed by atoms with Crippen molar-refractivity contribution >= 4 is 5.69 Å². The number of piperidine rings is 1. The second-order valence-corrected chi connectivity index (χ2v) is 6.93. The third kappa shape index (κ3) is 3.97. The van der Waals surface area contributed by atoms with Gasteiger partial charge in [0.1, 0.15) is 0 Å². The van der Waals surface area contributed by atoms with Crippen LogP contribution in [-0.4, -0.2) is 24.5 Å². The van der Waals surface area contributed by atoms with Crippen LogP contribution < -0.4 is 5.73 Å². The molecule has 0 aromatic heterocycles. The van der Waals surface area contributed by atoms with Crippen LogP contribution >= 0.6 is 0 Å². The van der Waals surface area contributed by atoms with Crippen molar-refractivity contribution in [3.8, 4) is 0 Å². The van der Waals surface area contributed by atoms with Crippen molar-refractivity contribution in [2.75, 3.05) is 25.4 Å². The summed E-state index contributed by atoms with van der Waals surface area (Å²) in [5.41, 5.74) is 8.69. The Morgan fingerprint density at radius 1 is 1.16 bits per heavy atom. The number of likely N-dealkylation sites (tertiary alicyclic amines) is 1. The monoisotopic (exact) mass is 260 g/mol. The van der Waals surface area contributed by atoms with Crippen molar-refractivity contribution in [1.29, 1.82) is 0 Å². The molecule has 2 heteroatoms. The first kappa shape index (κ1) is 14.4. The van der Waals surface area contributed by atoms with Crippen molar-refractivity contribution < 1.29 is 0 Å². The molecular weight excluding hydrogens is 232 g/mol. The summed E-state index contributed by atoms with van der Waals surface area (Å²) >= 11 is 0. The molecule has 1 heterocycles. The smallest absolute Gasteiger partial charge is 0.0347 e. The minimum Gasteiger partial charge on any atom is -0.399 e. The van der Waals surface area contributed by atoms with Crippen LogP contribution in [0.3, 0.4) is 0 Å². The number of hydrogen-bond donors (Lipinski definition) is 1. The minimum atomic E-state index is 0.468. The van der Waals surface area contributed by atoms with E-state index in [1.807, 2.05) is 12.1 Å². The van der Waals surface area contributed by atoms with Gasteiger partial charge in [0.05, 0.1) is 0 Å². The first-order valence-corrected chi connectivity index (χ1v) is 7.52. The van der Waals surface area contributed by atoms with Gasteiger partial charge in [0.25, 0.3) is 0 Å². The zero-order valence-corrected chi connectivity index (χ0v) is 12.7. The van der Waals surface area contributed by atoms with Gasteiger partial charge in [0.2, 0.25) is 0 Å². The molecule has 0 radical (unpaired) electrons. The van der Waals surface area contributed by atoms with E-state index in [0.717, 1.165) is 24.6 Å². The molecule has 1 aromatic rings. The van der Waals surface area contributed by atoms with E-state index in [4.69, 9.17) is 5.73 Å². The van der Waals surface area contributed by atoms with Crippen LogP contribution in [0, 0.1) is 11.3 Å². The summed E-state index contributed by atoms with van der Waals surface area (Å²) < 4.78 is 0. The van der Waals surface area contributed by atoms with Crippen LogP contribution in [0.25, 0.3) is 0 Å². The van der Waals surface area contributed by atoms with Gasteiger partial charge in [-0.2, -0.15) is 0 Å². The molecular formula is C17H28N2. The van der Waals surface area contributed by atoms with Crippen LogP contribution in [0.2, 0.25) is 0 Å². The van der Waals surface area contributed by atoms with Crippen molar-refractivity contribution in [2.24, 2.45) is 11.3 Å². The Kier molecular flexibility index (Phi) is 4.51. The van der Waals surface area contributed by atoms with Crippen molar-refractivity contribution in [3.63, 3.8) is 0 Å². The van der Waals surface area contributed by atoms with E-state index >= 15 is 0 Å². The molecule has 1 aliphatic heterocycles. The lowest BCUT2D eigenvalue weighted by Gasteiger charge is -2.38. The maximum Gasteiger partial charge on any atom is 0.0347 e. The van der Waals surface area contributed by atoms with Gasteiger partial charge in [-0.15, -0.1) is 0 Å². The number of hydrogen-bond acceptors (Lipinski definition) is 2. The molecule has 0 unspecified atom stereocenters. The van der Waals surface area contributed by atoms with Crippen LogP contribution in [-0.2, 0) is 6.42 Å². The van der Waals surface area contributed by atoms with Gasteiger partial charge in [-0.3, -0.25) is 0 Å². The van der Waals surface area contributed by atoms with Crippen LogP contribution in [0.15, 0.2) is 24.3 Å². The molecule has 1 saturated heterocycles. The summed E-state index contributed by atoms with van der Waals surface area (Å²) in [5.74, 6) is 0.880. The largest absolute Gasteiger partial charge is 0.399 e. The van der Waals surface area contributed by atoms with E-state index in [9.17, 15) is 0 Å². The number of nitrogens with zero attached hydrogens (tertiary/aromatic N) is 1. The molecule has 1 fully saturated rings. The van der Waals surface area contributed by atoms with Gasteiger partial charge in [-0.05, 0) is 55.3 Å². The summed E-state index contributed by atoms with van der Waals surface area (Å²) in [4.78, 5) is 2.59. The fourth-order valence-corrected chi connectivity index (χ4v) is 3.06. The van der Waals surface area contributed by atoms with Crippen molar-refractivity contribution in [2.45, 2.75) is 40.0 Å². The fraction of sp³-hybridized carbons (Fsp3) is 0.647. The highest BCUT2D eigenvalue weighted by Gasteiger charge is 2.28. The molecule has 19 heavy (non-hydrogen) atoms. The number of nitrogens with two attached hydrogens (primary N) is 1. The number of rotatable bonds is 3. The van der Waals surface area contributed by atoms with Gasteiger partial charge in [0, 0.05) is 12.2 Å². The van der Waals surface area contributed by atoms with Gasteiger partial charge < -0.3 is 10.6 Å². The average Bonchev–Trinajstić information content (AvgIpc) is 2.37. The fourth-order valence-electron chi connectivity index (χ4n) is 3.06. The lowest BCUT2D eigenvalue weighted by Crippen LogP contribution is -2.38. The predicted octanol–water partition coefficient (Wildman–Crippen LogP) is 3.57. The Hall–Kier alpha value is -1.02. The SMILES string of the molecule is CC(C)(C)C1CCN(CCc2ccccc2N)CC1. The Balaban J connectivity index is 1.79. The average molecular weight is 260 g/mol. The number of benzene rings is 1. The van der Waals surface area contributed by atoms with E-state index in [1.54, 1.807) is 0 Å². The maximum absolute atomic E-state index is 6.00. The highest BCUT2D eigenvalue weighted by atomic mass is 15.1. The Morgan fingerprint density at radius 3 is 2.37 bits per heavy atom. The molecule has 106 valence electrons. The molecule has 1 aromatic carbocycles. The zero-order chi connectivity index (χ0) is 13.9. The maximum atomic E-state index is 6.00. The molecule has 1 aliphatic rings. The minimum absolute atomic E-state index is 0.468. The zero-order valence-electron chi connectivity index (χ0n) is 12.7. The summed E-state index contributed by atoms with van der Waals surface area (Å²) in [6, 6.07) is 8.24. The van der Waals surface area contributed by atoms with Crippen LogP contribution in [0.1, 0.15) is 39.2 Å². The lowest BCUT2D eigenvalue weighted by molar-refractivity contribution is 0.113. The Bertz CT molecular complexity index is 398. The first-order valence-electron chi connectivity index (χ1n) is 7.52. The van der Waals surface area contributed by atoms with Crippen molar-refractivity contribution in [3.05, 3.63) is 29.8 Å². The number of nitrogen functional groups attached to an aromatic ring is 1. The van der Waals surface area contributed by atoms with Gasteiger partial charge in [0.15, 0.2) is 0 Å². The van der Waals surface area contributed by atoms with Gasteiger partial charge in [-0.25, -0.2) is 0 Å². The second-order valence-electron chi connectivity index (χ2n) is 6.93. The van der Waals surface area contributed by atoms with E-state index < -0.39 is 0 Å². The van der Waals surface area contributed by atoms with E-state index in [0.29, 0.717) is 5.41 Å². The summed E-state index contributed by atoms with van der Waals surface area (Å²) in [5, 5.41) is 0. The molecule has 2 N–H and O–H groups in total. The third-order valence-corrected chi connectivity index (χ3v) is 4.56. The molecule has 0 aliphatic carbocycles. The topological polar surface area (TPSA) is 29.3 Å². The van der Waals surface area contributed by atoms with Crippen LogP contribution in [0.5, 0.6) is 0 Å². The van der Waals surface area contributed by atoms with E-state index in [2.05, 4.69) is 37.8 Å². The normalized spacial score (nSPS) is 18.7. The summed E-state index contributed by atoms with van der Waals surface area (Å²) in [6.07, 6.45) is 3.76. The number of para-hydroxylation sites is 1. The lowest BCUT2D eigenvalue weighted by atomic mass is 9.75. The highest BCUT2D eigenvalue weighted by molar-refractivity contribution is 5.46. The van der Waals surface area contributed by atoms with Gasteiger partial charge in [-0.1, -0.05) is 39.0 Å².